The van der Waals surface area contributed by atoms with Crippen molar-refractivity contribution in [1.29, 1.82) is 0 Å². The number of Topliss-reactive ketones (excluding diaryl/α,β-unsaturated/α-hetero) is 1. The number of benzene rings is 2. The Hall–Kier alpha value is -3.33. The van der Waals surface area contributed by atoms with E-state index in [0.29, 0.717) is 22.1 Å². The first-order valence-electron chi connectivity index (χ1n) is 8.50. The van der Waals surface area contributed by atoms with Crippen LogP contribution < -0.4 is 0 Å². The number of ketones is 1. The first-order chi connectivity index (χ1) is 13.5. The van der Waals surface area contributed by atoms with E-state index in [9.17, 15) is 14.9 Å². The van der Waals surface area contributed by atoms with Gasteiger partial charge in [-0.1, -0.05) is 23.9 Å². The van der Waals surface area contributed by atoms with E-state index in [2.05, 4.69) is 20.2 Å². The molecule has 1 aliphatic rings. The third-order valence-corrected chi connectivity index (χ3v) is 5.22. The highest BCUT2D eigenvalue weighted by Crippen LogP contribution is 2.34. The number of H-pyrrole nitrogens is 1. The lowest BCUT2D eigenvalue weighted by Crippen LogP contribution is -1.93. The maximum absolute atomic E-state index is 11.4. The molecule has 1 N–H and O–H groups in total. The Bertz CT molecular complexity index is 1120. The Kier molecular flexibility index (Phi) is 4.74. The summed E-state index contributed by atoms with van der Waals surface area (Å²) in [5, 5.41) is 18.7. The highest BCUT2D eigenvalue weighted by molar-refractivity contribution is 7.99. The fraction of sp³-hybridized carbons (Fsp3) is 0.158. The first-order valence-corrected chi connectivity index (χ1v) is 9.48. The normalized spacial score (nSPS) is 12.2. The fourth-order valence-electron chi connectivity index (χ4n) is 2.90. The van der Waals surface area contributed by atoms with Gasteiger partial charge in [0.15, 0.2) is 5.82 Å². The Morgan fingerprint density at radius 2 is 2.04 bits per heavy atom. The lowest BCUT2D eigenvalue weighted by molar-refractivity contribution is -0.384. The smallest absolute Gasteiger partial charge is 0.270 e. The Morgan fingerprint density at radius 3 is 2.82 bits per heavy atom. The minimum absolute atomic E-state index is 0.0215. The summed E-state index contributed by atoms with van der Waals surface area (Å²) in [6, 6.07) is 10.7. The zero-order chi connectivity index (χ0) is 19.7. The molecule has 0 bridgehead atoms. The van der Waals surface area contributed by atoms with Gasteiger partial charge in [0.2, 0.25) is 5.16 Å². The molecule has 0 amide bonds. The van der Waals surface area contributed by atoms with Gasteiger partial charge in [-0.25, -0.2) is 4.98 Å². The van der Waals surface area contributed by atoms with E-state index in [0.717, 1.165) is 23.2 Å². The minimum Gasteiger partial charge on any atom is -0.299 e. The summed E-state index contributed by atoms with van der Waals surface area (Å²) < 4.78 is 0. The van der Waals surface area contributed by atoms with E-state index < -0.39 is 4.92 Å². The molecular formula is C19H15N5O3S. The molecule has 28 heavy (non-hydrogen) atoms. The summed E-state index contributed by atoms with van der Waals surface area (Å²) in [6.45, 7) is 1.49. The average molecular weight is 393 g/mol. The second-order valence-electron chi connectivity index (χ2n) is 6.34. The molecule has 0 atom stereocenters. The van der Waals surface area contributed by atoms with Crippen molar-refractivity contribution in [3.05, 3.63) is 52.1 Å². The number of aromatic amines is 1. The van der Waals surface area contributed by atoms with Gasteiger partial charge < -0.3 is 0 Å². The average Bonchev–Trinajstić information content (AvgIpc) is 3.34. The summed E-state index contributed by atoms with van der Waals surface area (Å²) in [6.07, 6.45) is 2.65. The largest absolute Gasteiger partial charge is 0.299 e. The molecular weight excluding hydrogens is 378 g/mol. The number of non-ortho nitro benzene ring substituents is 1. The molecule has 0 saturated carbocycles. The first kappa shape index (κ1) is 18.1. The van der Waals surface area contributed by atoms with E-state index in [4.69, 9.17) is 0 Å². The van der Waals surface area contributed by atoms with E-state index in [-0.39, 0.29) is 17.2 Å². The number of aliphatic imine (C=N–C) groups is 1. The van der Waals surface area contributed by atoms with Crippen LogP contribution in [0.3, 0.4) is 0 Å². The number of nitrogens with zero attached hydrogens (tertiary/aromatic N) is 4. The van der Waals surface area contributed by atoms with Gasteiger partial charge in [-0.15, -0.1) is 5.10 Å². The lowest BCUT2D eigenvalue weighted by atomic mass is 9.99. The van der Waals surface area contributed by atoms with E-state index >= 15 is 0 Å². The van der Waals surface area contributed by atoms with E-state index in [1.54, 1.807) is 0 Å². The maximum Gasteiger partial charge on any atom is 0.270 e. The quantitative estimate of drug-likeness (QED) is 0.385. The van der Waals surface area contributed by atoms with Crippen molar-refractivity contribution in [3.63, 3.8) is 0 Å². The van der Waals surface area contributed by atoms with Gasteiger partial charge in [-0.3, -0.25) is 25.0 Å². The van der Waals surface area contributed by atoms with Crippen molar-refractivity contribution in [1.82, 2.24) is 15.2 Å². The van der Waals surface area contributed by atoms with Gasteiger partial charge in [0, 0.05) is 30.3 Å². The van der Waals surface area contributed by atoms with Crippen molar-refractivity contribution >= 4 is 35.1 Å². The standard InChI is InChI=1S/C19H15N5O3S/c1-11(25)10-28-19-21-18(22-23-19)15-6-14(7-16(8-15)24(26)27)13-3-2-12-4-5-20-17(12)9-13/h2-3,5-9H,4,10H2,1H3,(H,21,22,23). The van der Waals surface area contributed by atoms with Crippen LogP contribution in [-0.2, 0) is 11.2 Å². The molecule has 4 rings (SSSR count). The van der Waals surface area contributed by atoms with Crippen molar-refractivity contribution in [3.8, 4) is 22.5 Å². The van der Waals surface area contributed by atoms with Crippen LogP contribution in [0.25, 0.3) is 22.5 Å². The number of nitro groups is 1. The Morgan fingerprint density at radius 1 is 1.21 bits per heavy atom. The number of hydrogen-bond donors (Lipinski definition) is 1. The maximum atomic E-state index is 11.4. The molecule has 0 saturated heterocycles. The molecule has 8 nitrogen and oxygen atoms in total. The van der Waals surface area contributed by atoms with Gasteiger partial charge in [0.25, 0.3) is 5.69 Å². The molecule has 3 aromatic rings. The van der Waals surface area contributed by atoms with Crippen LogP contribution in [0, 0.1) is 10.1 Å². The number of carbonyl (C=O) groups is 1. The molecule has 2 heterocycles. The van der Waals surface area contributed by atoms with Crippen LogP contribution in [-0.4, -0.2) is 37.9 Å². The molecule has 9 heteroatoms. The van der Waals surface area contributed by atoms with Gasteiger partial charge in [0.1, 0.15) is 5.78 Å². The number of nitrogens with one attached hydrogen (secondary N) is 1. The third kappa shape index (κ3) is 3.70. The summed E-state index contributed by atoms with van der Waals surface area (Å²) in [4.78, 5) is 30.8. The number of thioether (sulfide) groups is 1. The molecule has 0 radical (unpaired) electrons. The molecule has 1 aliphatic heterocycles. The summed E-state index contributed by atoms with van der Waals surface area (Å²) in [5.74, 6) is 0.705. The molecule has 1 aromatic heterocycles. The Balaban J connectivity index is 1.73. The van der Waals surface area contributed by atoms with Gasteiger partial charge in [0.05, 0.1) is 16.4 Å². The van der Waals surface area contributed by atoms with Crippen molar-refractivity contribution in [2.45, 2.75) is 18.5 Å². The number of nitro benzene ring substituents is 1. The minimum atomic E-state index is -0.430. The molecule has 140 valence electrons. The molecule has 0 unspecified atom stereocenters. The molecule has 2 aromatic carbocycles. The monoisotopic (exact) mass is 393 g/mol. The summed E-state index contributed by atoms with van der Waals surface area (Å²) >= 11 is 1.22. The van der Waals surface area contributed by atoms with Gasteiger partial charge in [-0.05, 0) is 35.7 Å². The van der Waals surface area contributed by atoms with Gasteiger partial charge in [-0.2, -0.15) is 0 Å². The van der Waals surface area contributed by atoms with E-state index in [1.165, 1.54) is 30.8 Å². The number of carbonyl (C=O) groups excluding carboxylic acids is 1. The van der Waals surface area contributed by atoms with Crippen molar-refractivity contribution in [2.75, 3.05) is 5.75 Å². The number of hydrogen-bond acceptors (Lipinski definition) is 7. The van der Waals surface area contributed by atoms with Crippen molar-refractivity contribution < 1.29 is 9.72 Å². The molecule has 0 aliphatic carbocycles. The predicted octanol–water partition coefficient (Wildman–Crippen LogP) is 3.99. The highest BCUT2D eigenvalue weighted by Gasteiger charge is 2.16. The van der Waals surface area contributed by atoms with Crippen molar-refractivity contribution in [2.24, 2.45) is 4.99 Å². The SMILES string of the molecule is CC(=O)CSc1n[nH]c(-c2cc(-c3ccc4c(c3)N=CC4)cc([N+](=O)[O-])c2)n1. The topological polar surface area (TPSA) is 114 Å². The predicted molar refractivity (Wildman–Crippen MR) is 107 cm³/mol. The zero-order valence-corrected chi connectivity index (χ0v) is 15.7. The van der Waals surface area contributed by atoms with Crippen LogP contribution in [0.1, 0.15) is 12.5 Å². The van der Waals surface area contributed by atoms with Crippen LogP contribution in [0.4, 0.5) is 11.4 Å². The lowest BCUT2D eigenvalue weighted by Gasteiger charge is -2.06. The third-order valence-electron chi connectivity index (χ3n) is 4.23. The summed E-state index contributed by atoms with van der Waals surface area (Å²) in [7, 11) is 0. The van der Waals surface area contributed by atoms with Crippen LogP contribution in [0.15, 0.2) is 46.5 Å². The van der Waals surface area contributed by atoms with E-state index in [1.807, 2.05) is 30.5 Å². The number of aromatic nitrogens is 3. The zero-order valence-electron chi connectivity index (χ0n) is 14.9. The highest BCUT2D eigenvalue weighted by atomic mass is 32.2. The second-order valence-corrected chi connectivity index (χ2v) is 7.28. The molecule has 0 spiro atoms. The van der Waals surface area contributed by atoms with Crippen LogP contribution in [0.2, 0.25) is 0 Å². The Labute approximate surface area is 164 Å². The van der Waals surface area contributed by atoms with Gasteiger partial charge >= 0.3 is 0 Å². The number of fused-ring (bicyclic) bond motifs is 1. The molecule has 0 fully saturated rings. The second kappa shape index (κ2) is 7.35. The van der Waals surface area contributed by atoms with Crippen LogP contribution >= 0.6 is 11.8 Å². The number of rotatable bonds is 6. The summed E-state index contributed by atoms with van der Waals surface area (Å²) in [5.41, 5.74) is 4.07. The van der Waals surface area contributed by atoms with Crippen LogP contribution in [0.5, 0.6) is 0 Å². The fourth-order valence-corrected chi connectivity index (χ4v) is 3.50.